The molecule has 1 aromatic heterocycles. The summed E-state index contributed by atoms with van der Waals surface area (Å²) in [5.74, 6) is 1.85. The van der Waals surface area contributed by atoms with Gasteiger partial charge in [0.15, 0.2) is 0 Å². The topological polar surface area (TPSA) is 71.5 Å². The van der Waals surface area contributed by atoms with Crippen LogP contribution in [-0.4, -0.2) is 80.0 Å². The lowest BCUT2D eigenvalue weighted by Gasteiger charge is -2.37. The summed E-state index contributed by atoms with van der Waals surface area (Å²) in [4.78, 5) is 18.6. The molecule has 0 saturated heterocycles. The average Bonchev–Trinajstić information content (AvgIpc) is 3.31. The van der Waals surface area contributed by atoms with Crippen LogP contribution in [0.15, 0.2) is 48.4 Å². The first-order valence-electron chi connectivity index (χ1n) is 12.1. The maximum atomic E-state index is 13.5. The van der Waals surface area contributed by atoms with Gasteiger partial charge < -0.3 is 24.2 Å². The first-order valence-corrected chi connectivity index (χ1v) is 13.0. The van der Waals surface area contributed by atoms with E-state index in [0.717, 1.165) is 17.7 Å². The molecule has 2 aromatic rings. The highest BCUT2D eigenvalue weighted by Gasteiger charge is 2.33. The minimum absolute atomic E-state index is 0.0123. The van der Waals surface area contributed by atoms with Gasteiger partial charge in [-0.25, -0.2) is 0 Å². The van der Waals surface area contributed by atoms with Crippen LogP contribution in [-0.2, 0) is 16.0 Å². The molecule has 35 heavy (non-hydrogen) atoms. The predicted octanol–water partition coefficient (Wildman–Crippen LogP) is 3.78. The van der Waals surface area contributed by atoms with Crippen LogP contribution < -0.4 is 9.47 Å². The molecule has 1 aliphatic heterocycles. The van der Waals surface area contributed by atoms with Crippen LogP contribution in [0.3, 0.4) is 0 Å². The van der Waals surface area contributed by atoms with E-state index < -0.39 is 6.10 Å². The van der Waals surface area contributed by atoms with E-state index in [0.29, 0.717) is 44.5 Å². The number of carbonyl (C=O) groups is 1. The van der Waals surface area contributed by atoms with Crippen molar-refractivity contribution in [3.05, 3.63) is 58.8 Å². The highest BCUT2D eigenvalue weighted by molar-refractivity contribution is 7.10. The second-order valence-corrected chi connectivity index (χ2v) is 10.2. The van der Waals surface area contributed by atoms with Crippen LogP contribution in [0.25, 0.3) is 0 Å². The highest BCUT2D eigenvalue weighted by Crippen LogP contribution is 2.34. The maximum absolute atomic E-state index is 13.5. The number of aliphatic hydroxyl groups is 1. The van der Waals surface area contributed by atoms with Crippen molar-refractivity contribution in [1.29, 1.82) is 0 Å². The molecule has 0 aliphatic carbocycles. The molecule has 2 atom stereocenters. The second-order valence-electron chi connectivity index (χ2n) is 9.21. The predicted molar refractivity (Wildman–Crippen MR) is 139 cm³/mol. The van der Waals surface area contributed by atoms with Crippen molar-refractivity contribution in [2.24, 2.45) is 5.92 Å². The molecule has 0 saturated carbocycles. The van der Waals surface area contributed by atoms with Crippen LogP contribution in [0.2, 0.25) is 0 Å². The van der Waals surface area contributed by atoms with E-state index in [1.54, 1.807) is 24.5 Å². The number of benzene rings is 1. The van der Waals surface area contributed by atoms with Gasteiger partial charge in [-0.3, -0.25) is 9.69 Å². The van der Waals surface area contributed by atoms with Crippen molar-refractivity contribution in [2.45, 2.75) is 32.4 Å². The summed E-state index contributed by atoms with van der Waals surface area (Å²) in [6, 6.07) is 9.41. The van der Waals surface area contributed by atoms with Gasteiger partial charge in [0.25, 0.3) is 0 Å². The van der Waals surface area contributed by atoms with E-state index in [1.165, 1.54) is 4.88 Å². The molecule has 0 bridgehead atoms. The van der Waals surface area contributed by atoms with Gasteiger partial charge in [-0.15, -0.1) is 17.9 Å². The van der Waals surface area contributed by atoms with Gasteiger partial charge in [-0.1, -0.05) is 26.0 Å². The van der Waals surface area contributed by atoms with Crippen molar-refractivity contribution >= 4 is 17.2 Å². The summed E-state index contributed by atoms with van der Waals surface area (Å²) in [6.45, 7) is 10.9. The first-order chi connectivity index (χ1) is 16.9. The molecule has 0 fully saturated rings. The van der Waals surface area contributed by atoms with Gasteiger partial charge in [-0.05, 0) is 41.5 Å². The summed E-state index contributed by atoms with van der Waals surface area (Å²) < 4.78 is 17.0. The fourth-order valence-electron chi connectivity index (χ4n) is 4.20. The fraction of sp³-hybridized carbons (Fsp3) is 0.519. The third-order valence-electron chi connectivity index (χ3n) is 5.84. The zero-order valence-electron chi connectivity index (χ0n) is 21.0. The van der Waals surface area contributed by atoms with E-state index in [9.17, 15) is 9.90 Å². The molecule has 8 heteroatoms. The molecule has 1 aromatic carbocycles. The number of amides is 1. The van der Waals surface area contributed by atoms with E-state index in [2.05, 4.69) is 31.9 Å². The molecule has 0 unspecified atom stereocenters. The Balaban J connectivity index is 1.66. The lowest BCUT2D eigenvalue weighted by Crippen LogP contribution is -2.48. The summed E-state index contributed by atoms with van der Waals surface area (Å²) >= 11 is 1.73. The van der Waals surface area contributed by atoms with E-state index >= 15 is 0 Å². The Morgan fingerprint density at radius 2 is 2.11 bits per heavy atom. The lowest BCUT2D eigenvalue weighted by atomic mass is 10.0. The molecule has 1 aliphatic rings. The van der Waals surface area contributed by atoms with Gasteiger partial charge in [0.1, 0.15) is 18.1 Å². The third kappa shape index (κ3) is 8.07. The van der Waals surface area contributed by atoms with Gasteiger partial charge >= 0.3 is 0 Å². The molecule has 3 rings (SSSR count). The molecule has 0 spiro atoms. The van der Waals surface area contributed by atoms with E-state index in [1.807, 2.05) is 34.1 Å². The number of aliphatic hydroxyl groups excluding tert-OH is 1. The number of rotatable bonds is 14. The maximum Gasteiger partial charge on any atom is 0.237 e. The van der Waals surface area contributed by atoms with Crippen molar-refractivity contribution in [3.8, 4) is 11.5 Å². The molecular weight excluding hydrogens is 464 g/mol. The Bertz CT molecular complexity index is 947. The molecule has 1 amide bonds. The zero-order chi connectivity index (χ0) is 25.2. The smallest absolute Gasteiger partial charge is 0.237 e. The van der Waals surface area contributed by atoms with Crippen LogP contribution in [0.4, 0.5) is 0 Å². The number of thiophene rings is 1. The number of ether oxygens (including phenoxy) is 3. The first kappa shape index (κ1) is 27.2. The molecular formula is C27H38N2O5S. The molecule has 2 heterocycles. The Labute approximate surface area is 212 Å². The van der Waals surface area contributed by atoms with Crippen molar-refractivity contribution < 1.29 is 24.1 Å². The Hall–Kier alpha value is -2.39. The van der Waals surface area contributed by atoms with Crippen LogP contribution in [0.5, 0.6) is 11.5 Å². The Morgan fingerprint density at radius 3 is 2.86 bits per heavy atom. The minimum Gasteiger partial charge on any atom is -0.497 e. The number of hydrogen-bond acceptors (Lipinski definition) is 7. The van der Waals surface area contributed by atoms with Crippen molar-refractivity contribution in [3.63, 3.8) is 0 Å². The van der Waals surface area contributed by atoms with E-state index in [4.69, 9.17) is 14.2 Å². The average molecular weight is 503 g/mol. The standard InChI is InChI=1S/C27H38N2O5S/c1-5-11-28(15-21(30)18-33-17-20(2)3)16-27(31)29-12-9-26-24(10-13-35-26)25(29)19-34-23-8-6-7-22(14-23)32-4/h5-8,10,13-14,20-21,25,30H,1,9,11-12,15-19H2,2-4H3/t21-,25-/m1/s1. The molecule has 1 N–H and O–H groups in total. The van der Waals surface area contributed by atoms with Gasteiger partial charge in [0.05, 0.1) is 32.4 Å². The summed E-state index contributed by atoms with van der Waals surface area (Å²) in [6.07, 6.45) is 1.92. The highest BCUT2D eigenvalue weighted by atomic mass is 32.1. The Kier molecular flexibility index (Phi) is 10.6. The number of hydrogen-bond donors (Lipinski definition) is 1. The number of methoxy groups -OCH3 is 1. The monoisotopic (exact) mass is 502 g/mol. The SMILES string of the molecule is C=CCN(CC(=O)N1CCc2sccc2[C@H]1COc1cccc(OC)c1)C[C@@H](O)COCC(C)C. The normalized spacial score (nSPS) is 16.3. The van der Waals surface area contributed by atoms with Crippen molar-refractivity contribution in [1.82, 2.24) is 9.80 Å². The Morgan fingerprint density at radius 1 is 1.31 bits per heavy atom. The van der Waals surface area contributed by atoms with Gasteiger partial charge in [0, 0.05) is 37.2 Å². The van der Waals surface area contributed by atoms with Crippen molar-refractivity contribution in [2.75, 3.05) is 53.1 Å². The molecule has 0 radical (unpaired) electrons. The van der Waals surface area contributed by atoms with Crippen LogP contribution in [0, 0.1) is 5.92 Å². The zero-order valence-corrected chi connectivity index (χ0v) is 21.8. The lowest BCUT2D eigenvalue weighted by molar-refractivity contribution is -0.136. The van der Waals surface area contributed by atoms with Gasteiger partial charge in [0.2, 0.25) is 5.91 Å². The van der Waals surface area contributed by atoms with E-state index in [-0.39, 0.29) is 25.1 Å². The molecule has 192 valence electrons. The minimum atomic E-state index is -0.668. The number of nitrogens with zero attached hydrogens (tertiary/aromatic N) is 2. The third-order valence-corrected chi connectivity index (χ3v) is 6.84. The number of carbonyl (C=O) groups excluding carboxylic acids is 1. The van der Waals surface area contributed by atoms with Crippen LogP contribution >= 0.6 is 11.3 Å². The summed E-state index contributed by atoms with van der Waals surface area (Å²) in [5, 5.41) is 12.5. The summed E-state index contributed by atoms with van der Waals surface area (Å²) in [7, 11) is 1.63. The fourth-order valence-corrected chi connectivity index (χ4v) is 5.13. The largest absolute Gasteiger partial charge is 0.497 e. The quantitative estimate of drug-likeness (QED) is 0.397. The molecule has 7 nitrogen and oxygen atoms in total. The van der Waals surface area contributed by atoms with Crippen LogP contribution in [0.1, 0.15) is 30.3 Å². The van der Waals surface area contributed by atoms with Gasteiger partial charge in [-0.2, -0.15) is 0 Å². The number of fused-ring (bicyclic) bond motifs is 1. The summed E-state index contributed by atoms with van der Waals surface area (Å²) in [5.41, 5.74) is 1.15. The second kappa shape index (κ2) is 13.6.